The summed E-state index contributed by atoms with van der Waals surface area (Å²) in [5, 5.41) is 6.66. The van der Waals surface area contributed by atoms with Crippen LogP contribution in [0.25, 0.3) is 0 Å². The van der Waals surface area contributed by atoms with Gasteiger partial charge in [0.25, 0.3) is 5.91 Å². The number of benzene rings is 2. The molecule has 0 bridgehead atoms. The summed E-state index contributed by atoms with van der Waals surface area (Å²) < 4.78 is 1.08. The van der Waals surface area contributed by atoms with E-state index in [-0.39, 0.29) is 5.91 Å². The highest BCUT2D eigenvalue weighted by Crippen LogP contribution is 2.15. The quantitative estimate of drug-likeness (QED) is 0.545. The van der Waals surface area contributed by atoms with Crippen LogP contribution in [0.4, 0.5) is 0 Å². The summed E-state index contributed by atoms with van der Waals surface area (Å²) in [5.41, 5.74) is 4.30. The molecule has 0 aliphatic carbocycles. The van der Waals surface area contributed by atoms with E-state index in [0.29, 0.717) is 12.1 Å². The molecule has 0 unspecified atom stereocenters. The Labute approximate surface area is 170 Å². The van der Waals surface area contributed by atoms with Gasteiger partial charge >= 0.3 is 0 Å². The third-order valence-corrected chi connectivity index (χ3v) is 4.75. The molecule has 0 saturated heterocycles. The number of carbonyl (C=O) groups excluding carboxylic acids is 1. The van der Waals surface area contributed by atoms with Crippen molar-refractivity contribution in [2.75, 3.05) is 27.7 Å². The largest absolute Gasteiger partial charge is 0.356 e. The van der Waals surface area contributed by atoms with Crippen LogP contribution < -0.4 is 10.6 Å². The van der Waals surface area contributed by atoms with Crippen molar-refractivity contribution >= 4 is 27.8 Å². The lowest BCUT2D eigenvalue weighted by molar-refractivity contribution is 0.0827. The van der Waals surface area contributed by atoms with E-state index in [1.807, 2.05) is 30.3 Å². The van der Waals surface area contributed by atoms with Crippen LogP contribution in [0, 0.1) is 6.92 Å². The molecule has 0 radical (unpaired) electrons. The van der Waals surface area contributed by atoms with E-state index in [4.69, 9.17) is 0 Å². The van der Waals surface area contributed by atoms with E-state index < -0.39 is 0 Å². The molecule has 1 amide bonds. The molecule has 0 aromatic heterocycles. The van der Waals surface area contributed by atoms with Gasteiger partial charge in [-0.2, -0.15) is 0 Å². The van der Waals surface area contributed by atoms with Crippen LogP contribution in [-0.2, 0) is 13.0 Å². The van der Waals surface area contributed by atoms with Crippen LogP contribution in [-0.4, -0.2) is 44.5 Å². The van der Waals surface area contributed by atoms with Crippen molar-refractivity contribution in [1.29, 1.82) is 0 Å². The molecule has 0 aliphatic rings. The molecule has 144 valence electrons. The Bertz CT molecular complexity index is 818. The highest BCUT2D eigenvalue weighted by Gasteiger charge is 2.08. The van der Waals surface area contributed by atoms with Crippen molar-refractivity contribution in [3.05, 3.63) is 69.2 Å². The second-order valence-corrected chi connectivity index (χ2v) is 7.49. The minimum Gasteiger partial charge on any atom is -0.356 e. The standard InChI is InChI=1S/C21H27BrN4O/c1-15-12-19(22)9-8-18(15)14-25-21(23-2)24-11-10-16-6-5-7-17(13-16)20(27)26(3)4/h5-9,12-13H,10-11,14H2,1-4H3,(H2,23,24,25). The molecular formula is C21H27BrN4O. The van der Waals surface area contributed by atoms with Gasteiger partial charge in [0, 0.05) is 44.3 Å². The third kappa shape index (κ3) is 6.40. The Morgan fingerprint density at radius 1 is 1.15 bits per heavy atom. The molecule has 27 heavy (non-hydrogen) atoms. The van der Waals surface area contributed by atoms with Gasteiger partial charge in [-0.1, -0.05) is 34.1 Å². The predicted molar refractivity (Wildman–Crippen MR) is 115 cm³/mol. The van der Waals surface area contributed by atoms with Crippen LogP contribution in [0.15, 0.2) is 51.9 Å². The average Bonchev–Trinajstić information content (AvgIpc) is 2.65. The average molecular weight is 431 g/mol. The summed E-state index contributed by atoms with van der Waals surface area (Å²) in [6, 6.07) is 14.0. The van der Waals surface area contributed by atoms with Crippen LogP contribution in [0.2, 0.25) is 0 Å². The molecule has 2 aromatic carbocycles. The van der Waals surface area contributed by atoms with Crippen LogP contribution >= 0.6 is 15.9 Å². The van der Waals surface area contributed by atoms with Gasteiger partial charge in [0.2, 0.25) is 0 Å². The number of aliphatic imine (C=N–C) groups is 1. The van der Waals surface area contributed by atoms with Crippen molar-refractivity contribution < 1.29 is 4.79 Å². The summed E-state index contributed by atoms with van der Waals surface area (Å²) in [6.07, 6.45) is 0.812. The Morgan fingerprint density at radius 3 is 2.59 bits per heavy atom. The van der Waals surface area contributed by atoms with Crippen molar-refractivity contribution in [2.24, 2.45) is 4.99 Å². The van der Waals surface area contributed by atoms with Gasteiger partial charge < -0.3 is 15.5 Å². The zero-order valence-corrected chi connectivity index (χ0v) is 17.9. The minimum atomic E-state index is 0.0205. The maximum atomic E-state index is 12.1. The highest BCUT2D eigenvalue weighted by atomic mass is 79.9. The van der Waals surface area contributed by atoms with Gasteiger partial charge in [-0.3, -0.25) is 9.79 Å². The van der Waals surface area contributed by atoms with E-state index in [2.05, 4.69) is 50.6 Å². The summed E-state index contributed by atoms with van der Waals surface area (Å²) in [5.74, 6) is 0.782. The van der Waals surface area contributed by atoms with E-state index in [1.54, 1.807) is 26.0 Å². The van der Waals surface area contributed by atoms with E-state index in [0.717, 1.165) is 29.0 Å². The molecule has 0 atom stereocenters. The summed E-state index contributed by atoms with van der Waals surface area (Å²) >= 11 is 3.49. The Morgan fingerprint density at radius 2 is 1.93 bits per heavy atom. The predicted octanol–water partition coefficient (Wildman–Crippen LogP) is 3.37. The van der Waals surface area contributed by atoms with Crippen molar-refractivity contribution in [3.63, 3.8) is 0 Å². The Hall–Kier alpha value is -2.34. The zero-order valence-electron chi connectivity index (χ0n) is 16.3. The lowest BCUT2D eigenvalue weighted by Crippen LogP contribution is -2.38. The first-order chi connectivity index (χ1) is 12.9. The number of rotatable bonds is 6. The summed E-state index contributed by atoms with van der Waals surface area (Å²) in [4.78, 5) is 17.9. The van der Waals surface area contributed by atoms with Crippen molar-refractivity contribution in [2.45, 2.75) is 19.9 Å². The number of carbonyl (C=O) groups is 1. The normalized spacial score (nSPS) is 11.2. The molecule has 2 rings (SSSR count). The van der Waals surface area contributed by atoms with Gasteiger partial charge in [0.1, 0.15) is 0 Å². The van der Waals surface area contributed by atoms with E-state index in [9.17, 15) is 4.79 Å². The number of nitrogens with one attached hydrogen (secondary N) is 2. The molecule has 0 aliphatic heterocycles. The molecule has 0 saturated carbocycles. The highest BCUT2D eigenvalue weighted by molar-refractivity contribution is 9.10. The van der Waals surface area contributed by atoms with Crippen LogP contribution in [0.1, 0.15) is 27.0 Å². The van der Waals surface area contributed by atoms with E-state index in [1.165, 1.54) is 11.1 Å². The van der Waals surface area contributed by atoms with Crippen molar-refractivity contribution in [3.8, 4) is 0 Å². The van der Waals surface area contributed by atoms with Crippen LogP contribution in [0.5, 0.6) is 0 Å². The molecule has 2 aromatic rings. The molecular weight excluding hydrogens is 404 g/mol. The maximum Gasteiger partial charge on any atom is 0.253 e. The Kier molecular flexibility index (Phi) is 7.85. The first kappa shape index (κ1) is 21.0. The minimum absolute atomic E-state index is 0.0205. The number of guanidine groups is 1. The first-order valence-corrected chi connectivity index (χ1v) is 9.70. The van der Waals surface area contributed by atoms with Gasteiger partial charge in [-0.15, -0.1) is 0 Å². The fraction of sp³-hybridized carbons (Fsp3) is 0.333. The lowest BCUT2D eigenvalue weighted by Gasteiger charge is -2.14. The third-order valence-electron chi connectivity index (χ3n) is 4.26. The number of halogens is 1. The molecule has 0 spiro atoms. The van der Waals surface area contributed by atoms with Gasteiger partial charge in [-0.05, 0) is 54.3 Å². The molecule has 0 heterocycles. The molecule has 2 N–H and O–H groups in total. The molecule has 0 fully saturated rings. The number of hydrogen-bond acceptors (Lipinski definition) is 2. The maximum absolute atomic E-state index is 12.1. The SMILES string of the molecule is CN=C(NCCc1cccc(C(=O)N(C)C)c1)NCc1ccc(Br)cc1C. The smallest absolute Gasteiger partial charge is 0.253 e. The zero-order chi connectivity index (χ0) is 19.8. The number of amides is 1. The number of hydrogen-bond donors (Lipinski definition) is 2. The lowest BCUT2D eigenvalue weighted by atomic mass is 10.1. The van der Waals surface area contributed by atoms with E-state index >= 15 is 0 Å². The van der Waals surface area contributed by atoms with Crippen molar-refractivity contribution in [1.82, 2.24) is 15.5 Å². The van der Waals surface area contributed by atoms with Gasteiger partial charge in [0.15, 0.2) is 5.96 Å². The Balaban J connectivity index is 1.86. The first-order valence-electron chi connectivity index (χ1n) is 8.91. The van der Waals surface area contributed by atoms with Crippen LogP contribution in [0.3, 0.4) is 0 Å². The number of aryl methyl sites for hydroxylation is 1. The summed E-state index contributed by atoms with van der Waals surface area (Å²) in [6.45, 7) is 3.55. The van der Waals surface area contributed by atoms with Gasteiger partial charge in [0.05, 0.1) is 0 Å². The topological polar surface area (TPSA) is 56.7 Å². The monoisotopic (exact) mass is 430 g/mol. The summed E-state index contributed by atoms with van der Waals surface area (Å²) in [7, 11) is 5.29. The fourth-order valence-electron chi connectivity index (χ4n) is 2.70. The molecule has 6 heteroatoms. The second-order valence-electron chi connectivity index (χ2n) is 6.57. The van der Waals surface area contributed by atoms with Gasteiger partial charge in [-0.25, -0.2) is 0 Å². The number of nitrogens with zero attached hydrogens (tertiary/aromatic N) is 2. The molecule has 5 nitrogen and oxygen atoms in total. The fourth-order valence-corrected chi connectivity index (χ4v) is 3.18. The second kappa shape index (κ2) is 10.1.